The van der Waals surface area contributed by atoms with Crippen LogP contribution in [-0.2, 0) is 0 Å². The van der Waals surface area contributed by atoms with E-state index in [4.69, 9.17) is 15.7 Å². The van der Waals surface area contributed by atoms with Crippen molar-refractivity contribution in [2.24, 2.45) is 10.9 Å². The largest absolute Gasteiger partial charge is 0.494 e. The Bertz CT molecular complexity index is 405. The third kappa shape index (κ3) is 2.84. The highest BCUT2D eigenvalue weighted by molar-refractivity contribution is 5.98. The van der Waals surface area contributed by atoms with Gasteiger partial charge in [0.05, 0.1) is 25.4 Å². The number of pyridine rings is 1. The van der Waals surface area contributed by atoms with Gasteiger partial charge >= 0.3 is 0 Å². The number of carbonyl (C=O) groups is 1. The van der Waals surface area contributed by atoms with Gasteiger partial charge in [-0.3, -0.25) is 9.78 Å². The third-order valence-corrected chi connectivity index (χ3v) is 1.81. The molecular weight excluding hydrogens is 212 g/mol. The fourth-order valence-corrected chi connectivity index (χ4v) is 1.03. The van der Waals surface area contributed by atoms with Crippen molar-refractivity contribution in [1.82, 2.24) is 10.3 Å². The molecule has 1 amide bonds. The molecule has 1 rings (SSSR count). The maximum Gasteiger partial charge on any atom is 0.255 e. The van der Waals surface area contributed by atoms with Crippen molar-refractivity contribution in [1.29, 1.82) is 0 Å². The number of nitrogens with zero attached hydrogens (tertiary/aromatic N) is 2. The van der Waals surface area contributed by atoms with Gasteiger partial charge in [0.1, 0.15) is 5.75 Å². The maximum atomic E-state index is 11.6. The average molecular weight is 224 g/mol. The van der Waals surface area contributed by atoms with Crippen LogP contribution in [0.25, 0.3) is 0 Å². The molecule has 0 fully saturated rings. The lowest BCUT2D eigenvalue weighted by atomic mass is 10.2. The van der Waals surface area contributed by atoms with Crippen molar-refractivity contribution < 1.29 is 14.7 Å². The van der Waals surface area contributed by atoms with E-state index in [1.807, 2.05) is 0 Å². The zero-order valence-electron chi connectivity index (χ0n) is 8.67. The lowest BCUT2D eigenvalue weighted by Crippen LogP contribution is -2.33. The van der Waals surface area contributed by atoms with E-state index in [9.17, 15) is 4.79 Å². The highest BCUT2D eigenvalue weighted by Crippen LogP contribution is 2.14. The Kier molecular flexibility index (Phi) is 4.07. The van der Waals surface area contributed by atoms with Crippen LogP contribution >= 0.6 is 0 Å². The topological polar surface area (TPSA) is 110 Å². The van der Waals surface area contributed by atoms with Crippen LogP contribution in [-0.4, -0.2) is 35.6 Å². The highest BCUT2D eigenvalue weighted by atomic mass is 16.5. The van der Waals surface area contributed by atoms with Crippen LogP contribution in [0.15, 0.2) is 23.6 Å². The average Bonchev–Trinajstić information content (AvgIpc) is 2.35. The Morgan fingerprint density at radius 3 is 3.12 bits per heavy atom. The summed E-state index contributed by atoms with van der Waals surface area (Å²) < 4.78 is 4.97. The molecule has 7 nitrogen and oxygen atoms in total. The number of nitrogens with two attached hydrogens (primary N) is 1. The van der Waals surface area contributed by atoms with Crippen LogP contribution in [0.1, 0.15) is 10.4 Å². The summed E-state index contributed by atoms with van der Waals surface area (Å²) in [5.74, 6) is -0.105. The lowest BCUT2D eigenvalue weighted by molar-refractivity contribution is 0.0956. The van der Waals surface area contributed by atoms with Crippen molar-refractivity contribution in [2.75, 3.05) is 13.7 Å². The molecule has 0 aliphatic carbocycles. The van der Waals surface area contributed by atoms with Crippen LogP contribution in [0.5, 0.6) is 5.75 Å². The Morgan fingerprint density at radius 1 is 1.75 bits per heavy atom. The molecule has 0 saturated carbocycles. The number of aromatic nitrogens is 1. The van der Waals surface area contributed by atoms with Crippen molar-refractivity contribution in [2.45, 2.75) is 0 Å². The monoisotopic (exact) mass is 224 g/mol. The summed E-state index contributed by atoms with van der Waals surface area (Å²) in [6.07, 6.45) is 2.90. The summed E-state index contributed by atoms with van der Waals surface area (Å²) in [5.41, 5.74) is 5.55. The maximum absolute atomic E-state index is 11.6. The lowest BCUT2D eigenvalue weighted by Gasteiger charge is -2.07. The second kappa shape index (κ2) is 5.54. The molecule has 0 aliphatic rings. The molecule has 0 bridgehead atoms. The number of oxime groups is 1. The molecule has 4 N–H and O–H groups in total. The molecule has 86 valence electrons. The molecule has 7 heteroatoms. The summed E-state index contributed by atoms with van der Waals surface area (Å²) in [7, 11) is 1.44. The molecule has 1 aromatic rings. The predicted molar refractivity (Wildman–Crippen MR) is 56.5 cm³/mol. The molecule has 0 radical (unpaired) electrons. The van der Waals surface area contributed by atoms with Crippen LogP contribution in [0.4, 0.5) is 0 Å². The predicted octanol–water partition coefficient (Wildman–Crippen LogP) is -0.434. The quantitative estimate of drug-likeness (QED) is 0.278. The number of rotatable bonds is 4. The van der Waals surface area contributed by atoms with E-state index in [0.29, 0.717) is 11.3 Å². The molecular formula is C9H12N4O3. The second-order valence-electron chi connectivity index (χ2n) is 2.85. The SMILES string of the molecule is COc1cnccc1C(=O)NC/C(N)=N/O. The van der Waals surface area contributed by atoms with Gasteiger partial charge in [-0.05, 0) is 6.07 Å². The first-order valence-corrected chi connectivity index (χ1v) is 4.41. The van der Waals surface area contributed by atoms with Crippen molar-refractivity contribution in [3.63, 3.8) is 0 Å². The Labute approximate surface area is 91.9 Å². The van der Waals surface area contributed by atoms with Gasteiger partial charge in [0.15, 0.2) is 5.84 Å². The van der Waals surface area contributed by atoms with E-state index < -0.39 is 0 Å². The number of nitrogens with one attached hydrogen (secondary N) is 1. The normalized spacial score (nSPS) is 10.9. The van der Waals surface area contributed by atoms with Gasteiger partial charge < -0.3 is 21.0 Å². The first-order chi connectivity index (χ1) is 7.69. The van der Waals surface area contributed by atoms with Crippen molar-refractivity contribution in [3.05, 3.63) is 24.0 Å². The summed E-state index contributed by atoms with van der Waals surface area (Å²) in [5, 5.41) is 13.5. The van der Waals surface area contributed by atoms with Crippen LogP contribution in [0.3, 0.4) is 0 Å². The zero-order valence-corrected chi connectivity index (χ0v) is 8.67. The second-order valence-corrected chi connectivity index (χ2v) is 2.85. The summed E-state index contributed by atoms with van der Waals surface area (Å²) in [6, 6.07) is 1.51. The molecule has 0 aliphatic heterocycles. The fourth-order valence-electron chi connectivity index (χ4n) is 1.03. The smallest absolute Gasteiger partial charge is 0.255 e. The fraction of sp³-hybridized carbons (Fsp3) is 0.222. The van der Waals surface area contributed by atoms with E-state index in [1.165, 1.54) is 25.6 Å². The molecule has 0 saturated heterocycles. The molecule has 1 heterocycles. The highest BCUT2D eigenvalue weighted by Gasteiger charge is 2.11. The van der Waals surface area contributed by atoms with Crippen LogP contribution < -0.4 is 15.8 Å². The van der Waals surface area contributed by atoms with Crippen molar-refractivity contribution >= 4 is 11.7 Å². The molecule has 0 atom stereocenters. The Balaban J connectivity index is 2.73. The molecule has 0 spiro atoms. The molecule has 16 heavy (non-hydrogen) atoms. The number of amidine groups is 1. The molecule has 1 aromatic heterocycles. The first-order valence-electron chi connectivity index (χ1n) is 4.41. The van der Waals surface area contributed by atoms with Gasteiger partial charge in [0.2, 0.25) is 0 Å². The van der Waals surface area contributed by atoms with E-state index in [2.05, 4.69) is 15.5 Å². The van der Waals surface area contributed by atoms with E-state index in [1.54, 1.807) is 0 Å². The Hall–Kier alpha value is -2.31. The van der Waals surface area contributed by atoms with Crippen molar-refractivity contribution in [3.8, 4) is 5.75 Å². The minimum atomic E-state index is -0.383. The minimum Gasteiger partial charge on any atom is -0.494 e. The van der Waals surface area contributed by atoms with E-state index in [0.717, 1.165) is 0 Å². The minimum absolute atomic E-state index is 0.0409. The number of amides is 1. The van der Waals surface area contributed by atoms with Gasteiger partial charge in [-0.1, -0.05) is 5.16 Å². The van der Waals surface area contributed by atoms with Gasteiger partial charge in [-0.15, -0.1) is 0 Å². The van der Waals surface area contributed by atoms with E-state index >= 15 is 0 Å². The number of methoxy groups -OCH3 is 1. The summed E-state index contributed by atoms with van der Waals surface area (Å²) in [6.45, 7) is -0.0409. The Morgan fingerprint density at radius 2 is 2.50 bits per heavy atom. The van der Waals surface area contributed by atoms with E-state index in [-0.39, 0.29) is 18.3 Å². The molecule has 0 unspecified atom stereocenters. The van der Waals surface area contributed by atoms with Gasteiger partial charge in [-0.2, -0.15) is 0 Å². The number of hydrogen-bond acceptors (Lipinski definition) is 5. The van der Waals surface area contributed by atoms with Crippen LogP contribution in [0, 0.1) is 0 Å². The first kappa shape index (κ1) is 11.8. The number of ether oxygens (including phenoxy) is 1. The third-order valence-electron chi connectivity index (χ3n) is 1.81. The number of carbonyl (C=O) groups excluding carboxylic acids is 1. The standard InChI is InChI=1S/C9H12N4O3/c1-16-7-4-11-3-2-6(7)9(14)12-5-8(10)13-15/h2-4,15H,5H2,1H3,(H2,10,13)(H,12,14). The number of hydrogen-bond donors (Lipinski definition) is 3. The molecule has 0 aromatic carbocycles. The van der Waals surface area contributed by atoms with Gasteiger partial charge in [0, 0.05) is 6.20 Å². The van der Waals surface area contributed by atoms with Crippen LogP contribution in [0.2, 0.25) is 0 Å². The summed E-state index contributed by atoms with van der Waals surface area (Å²) in [4.78, 5) is 15.5. The zero-order chi connectivity index (χ0) is 12.0. The van der Waals surface area contributed by atoms with Gasteiger partial charge in [0.25, 0.3) is 5.91 Å². The summed E-state index contributed by atoms with van der Waals surface area (Å²) >= 11 is 0. The van der Waals surface area contributed by atoms with Gasteiger partial charge in [-0.25, -0.2) is 0 Å².